The quantitative estimate of drug-likeness (QED) is 0.342. The van der Waals surface area contributed by atoms with E-state index in [4.69, 9.17) is 4.74 Å². The Morgan fingerprint density at radius 2 is 1.54 bits per heavy atom. The zero-order chi connectivity index (χ0) is 20.2. The van der Waals surface area contributed by atoms with Crippen molar-refractivity contribution < 1.29 is 28.4 Å². The van der Waals surface area contributed by atoms with E-state index in [0.29, 0.717) is 0 Å². The molecular formula is C20H14FNO6. The fourth-order valence-electron chi connectivity index (χ4n) is 4.16. The lowest BCUT2D eigenvalue weighted by Gasteiger charge is -2.40. The van der Waals surface area contributed by atoms with Gasteiger partial charge in [0.15, 0.2) is 0 Å². The van der Waals surface area contributed by atoms with Gasteiger partial charge in [0, 0.05) is 16.1 Å². The van der Waals surface area contributed by atoms with E-state index in [9.17, 15) is 28.9 Å². The number of nitro groups is 1. The summed E-state index contributed by atoms with van der Waals surface area (Å²) in [5.74, 6) is -5.39. The molecule has 0 amide bonds. The molecule has 2 aliphatic rings. The molecule has 1 saturated heterocycles. The van der Waals surface area contributed by atoms with Crippen LogP contribution in [0.5, 0.6) is 0 Å². The summed E-state index contributed by atoms with van der Waals surface area (Å²) in [7, 11) is 0. The Hall–Kier alpha value is -3.42. The van der Waals surface area contributed by atoms with Gasteiger partial charge in [-0.25, -0.2) is 4.39 Å². The molecule has 142 valence electrons. The minimum Gasteiger partial charge on any atom is -0.434 e. The van der Waals surface area contributed by atoms with E-state index in [-0.39, 0.29) is 16.7 Å². The molecule has 1 heterocycles. The Labute approximate surface area is 158 Å². The second kappa shape index (κ2) is 6.05. The Bertz CT molecular complexity index is 996. The van der Waals surface area contributed by atoms with Crippen molar-refractivity contribution in [2.75, 3.05) is 0 Å². The minimum atomic E-state index is -2.56. The number of fused-ring (bicyclic) bond motifs is 1. The Kier molecular flexibility index (Phi) is 3.88. The number of benzene rings is 2. The average Bonchev–Trinajstić information content (AvgIpc) is 2.88. The van der Waals surface area contributed by atoms with E-state index in [0.717, 1.165) is 12.1 Å². The summed E-state index contributed by atoms with van der Waals surface area (Å²) in [5, 5.41) is 12.1. The van der Waals surface area contributed by atoms with Crippen molar-refractivity contribution in [3.63, 3.8) is 0 Å². The van der Waals surface area contributed by atoms with E-state index in [1.54, 1.807) is 0 Å². The second-order valence-corrected chi connectivity index (χ2v) is 6.96. The molecule has 4 rings (SSSR count). The molecule has 0 bridgehead atoms. The monoisotopic (exact) mass is 383 g/mol. The molecule has 28 heavy (non-hydrogen) atoms. The van der Waals surface area contributed by atoms with Crippen LogP contribution >= 0.6 is 0 Å². The SMILES string of the molecule is C[C@H]1C(=O)OC2(C(=O)c3ccccc3C2=O)[C@@H]([N+](=O)[O-])[C@@H]1c1ccc(F)cc1. The van der Waals surface area contributed by atoms with Crippen molar-refractivity contribution >= 4 is 17.5 Å². The molecule has 2 aromatic rings. The fourth-order valence-corrected chi connectivity index (χ4v) is 4.16. The molecule has 1 aliphatic carbocycles. The molecule has 1 aliphatic heterocycles. The van der Waals surface area contributed by atoms with Crippen molar-refractivity contribution in [3.8, 4) is 0 Å². The first-order valence-corrected chi connectivity index (χ1v) is 8.59. The number of hydrogen-bond donors (Lipinski definition) is 0. The number of carbonyl (C=O) groups excluding carboxylic acids is 3. The maximum absolute atomic E-state index is 13.3. The third-order valence-electron chi connectivity index (χ3n) is 5.50. The molecule has 0 saturated carbocycles. The zero-order valence-corrected chi connectivity index (χ0v) is 14.6. The van der Waals surface area contributed by atoms with Gasteiger partial charge in [-0.2, -0.15) is 0 Å². The number of ketones is 2. The van der Waals surface area contributed by atoms with Crippen LogP contribution in [0.2, 0.25) is 0 Å². The van der Waals surface area contributed by atoms with Gasteiger partial charge in [-0.1, -0.05) is 43.3 Å². The van der Waals surface area contributed by atoms with Crippen molar-refractivity contribution in [2.24, 2.45) is 5.92 Å². The molecule has 0 unspecified atom stereocenters. The molecule has 8 heteroatoms. The van der Waals surface area contributed by atoms with Gasteiger partial charge >= 0.3 is 11.6 Å². The summed E-state index contributed by atoms with van der Waals surface area (Å²) in [6, 6.07) is 8.81. The van der Waals surface area contributed by atoms with E-state index in [1.165, 1.54) is 43.3 Å². The third-order valence-corrected chi connectivity index (χ3v) is 5.50. The predicted octanol–water partition coefficient (Wildman–Crippen LogP) is 2.57. The summed E-state index contributed by atoms with van der Waals surface area (Å²) in [6.45, 7) is 1.43. The predicted molar refractivity (Wildman–Crippen MR) is 93.0 cm³/mol. The van der Waals surface area contributed by atoms with Crippen molar-refractivity contribution in [1.29, 1.82) is 0 Å². The van der Waals surface area contributed by atoms with E-state index in [1.807, 2.05) is 0 Å². The highest BCUT2D eigenvalue weighted by atomic mass is 19.1. The van der Waals surface area contributed by atoms with Gasteiger partial charge in [0.1, 0.15) is 5.82 Å². The molecule has 0 aromatic heterocycles. The van der Waals surface area contributed by atoms with Crippen LogP contribution < -0.4 is 0 Å². The summed E-state index contributed by atoms with van der Waals surface area (Å²) < 4.78 is 18.6. The third kappa shape index (κ3) is 2.24. The average molecular weight is 383 g/mol. The second-order valence-electron chi connectivity index (χ2n) is 6.96. The van der Waals surface area contributed by atoms with E-state index >= 15 is 0 Å². The lowest BCUT2D eigenvalue weighted by molar-refractivity contribution is -0.544. The fraction of sp³-hybridized carbons (Fsp3) is 0.250. The normalized spacial score (nSPS) is 25.5. The molecular weight excluding hydrogens is 369 g/mol. The number of carbonyl (C=O) groups is 3. The Morgan fingerprint density at radius 3 is 2.04 bits per heavy atom. The largest absolute Gasteiger partial charge is 0.434 e. The number of esters is 1. The number of ether oxygens (including phenoxy) is 1. The van der Waals surface area contributed by atoms with E-state index < -0.39 is 51.8 Å². The van der Waals surface area contributed by atoms with Gasteiger partial charge < -0.3 is 4.74 Å². The van der Waals surface area contributed by atoms with Gasteiger partial charge in [-0.15, -0.1) is 0 Å². The minimum absolute atomic E-state index is 0.0143. The highest BCUT2D eigenvalue weighted by Gasteiger charge is 2.72. The molecule has 0 N–H and O–H groups in total. The van der Waals surface area contributed by atoms with Crippen LogP contribution in [0.25, 0.3) is 0 Å². The molecule has 3 atom stereocenters. The van der Waals surface area contributed by atoms with E-state index in [2.05, 4.69) is 0 Å². The van der Waals surface area contributed by atoms with Crippen LogP contribution in [0.15, 0.2) is 48.5 Å². The first-order chi connectivity index (χ1) is 13.3. The van der Waals surface area contributed by atoms with Crippen molar-refractivity contribution in [1.82, 2.24) is 0 Å². The Balaban J connectivity index is 1.94. The van der Waals surface area contributed by atoms with Crippen LogP contribution in [0, 0.1) is 21.8 Å². The number of rotatable bonds is 2. The molecule has 0 radical (unpaired) electrons. The maximum atomic E-state index is 13.3. The van der Waals surface area contributed by atoms with Crippen LogP contribution in [-0.2, 0) is 9.53 Å². The van der Waals surface area contributed by atoms with Gasteiger partial charge in [0.25, 0.3) is 6.04 Å². The van der Waals surface area contributed by atoms with Gasteiger partial charge in [-0.05, 0) is 17.7 Å². The highest BCUT2D eigenvalue weighted by Crippen LogP contribution is 2.48. The first-order valence-electron chi connectivity index (χ1n) is 8.59. The van der Waals surface area contributed by atoms with Gasteiger partial charge in [0.05, 0.1) is 11.8 Å². The van der Waals surface area contributed by atoms with Crippen molar-refractivity contribution in [2.45, 2.75) is 24.5 Å². The van der Waals surface area contributed by atoms with Crippen LogP contribution in [0.4, 0.5) is 4.39 Å². The summed E-state index contributed by atoms with van der Waals surface area (Å²) in [6.07, 6.45) is 0. The first kappa shape index (κ1) is 18.0. The standard InChI is InChI=1S/C20H14FNO6/c1-10-15(11-6-8-12(21)9-7-11)16(22(26)27)20(28-19(10)25)17(23)13-4-2-3-5-14(13)18(20)24/h2-10,15-16H,1H3/t10-,15+,16+/m1/s1. The number of nitrogens with zero attached hydrogens (tertiary/aromatic N) is 1. The number of Topliss-reactive ketones (excluding diaryl/α,β-unsaturated/α-hetero) is 2. The summed E-state index contributed by atoms with van der Waals surface area (Å²) in [5.41, 5.74) is -2.31. The topological polar surface area (TPSA) is 104 Å². The smallest absolute Gasteiger partial charge is 0.311 e. The van der Waals surface area contributed by atoms with Crippen LogP contribution in [0.1, 0.15) is 39.1 Å². The molecule has 1 spiro atoms. The molecule has 7 nitrogen and oxygen atoms in total. The zero-order valence-electron chi connectivity index (χ0n) is 14.6. The van der Waals surface area contributed by atoms with Gasteiger partial charge in [0.2, 0.25) is 11.6 Å². The maximum Gasteiger partial charge on any atom is 0.311 e. The molecule has 1 fully saturated rings. The highest BCUT2D eigenvalue weighted by molar-refractivity contribution is 6.33. The number of hydrogen-bond acceptors (Lipinski definition) is 6. The van der Waals surface area contributed by atoms with Crippen LogP contribution in [0.3, 0.4) is 0 Å². The lowest BCUT2D eigenvalue weighted by Crippen LogP contribution is -2.65. The van der Waals surface area contributed by atoms with Crippen molar-refractivity contribution in [3.05, 3.63) is 81.2 Å². The number of halogens is 1. The summed E-state index contributed by atoms with van der Waals surface area (Å²) in [4.78, 5) is 50.2. The van der Waals surface area contributed by atoms with Crippen LogP contribution in [-0.4, -0.2) is 34.1 Å². The molecule has 2 aromatic carbocycles. The summed E-state index contributed by atoms with van der Waals surface area (Å²) >= 11 is 0. The lowest BCUT2D eigenvalue weighted by atomic mass is 9.70. The van der Waals surface area contributed by atoms with Gasteiger partial charge in [-0.3, -0.25) is 24.5 Å². The Morgan fingerprint density at radius 1 is 1.00 bits per heavy atom.